The summed E-state index contributed by atoms with van der Waals surface area (Å²) in [6, 6.07) is 9.39. The minimum absolute atomic E-state index is 0.275. The molecule has 8 heteroatoms. The van der Waals surface area contributed by atoms with E-state index in [1.807, 2.05) is 34.3 Å². The fourth-order valence-electron chi connectivity index (χ4n) is 2.34. The van der Waals surface area contributed by atoms with Gasteiger partial charge in [-0.05, 0) is 46.0 Å². The zero-order valence-electron chi connectivity index (χ0n) is 12.7. The van der Waals surface area contributed by atoms with Crippen LogP contribution >= 0.6 is 22.7 Å². The van der Waals surface area contributed by atoms with Gasteiger partial charge in [0.1, 0.15) is 0 Å². The highest BCUT2D eigenvalue weighted by Gasteiger charge is 2.33. The molecular weight excluding hydrogens is 369 g/mol. The number of amides is 2. The van der Waals surface area contributed by atoms with Crippen molar-refractivity contribution in [2.75, 3.05) is 5.32 Å². The van der Waals surface area contributed by atoms with Crippen LogP contribution in [0.3, 0.4) is 0 Å². The van der Waals surface area contributed by atoms with Crippen LogP contribution < -0.4 is 10.6 Å². The average Bonchev–Trinajstić information content (AvgIpc) is 3.26. The number of carbonyl (C=O) groups excluding carboxylic acids is 1. The Morgan fingerprint density at radius 2 is 1.84 bits per heavy atom. The van der Waals surface area contributed by atoms with Crippen LogP contribution in [-0.2, 0) is 6.18 Å². The number of urea groups is 1. The quantitative estimate of drug-likeness (QED) is 0.594. The molecule has 1 atom stereocenters. The maximum atomic E-state index is 13.0. The Morgan fingerprint density at radius 1 is 1.04 bits per heavy atom. The van der Waals surface area contributed by atoms with E-state index in [-0.39, 0.29) is 5.69 Å². The summed E-state index contributed by atoms with van der Waals surface area (Å²) < 4.78 is 39.1. The monoisotopic (exact) mass is 382 g/mol. The molecule has 0 fully saturated rings. The number of halogens is 3. The van der Waals surface area contributed by atoms with Gasteiger partial charge in [0.15, 0.2) is 0 Å². The normalized spacial score (nSPS) is 12.6. The van der Waals surface area contributed by atoms with Crippen molar-refractivity contribution in [3.05, 3.63) is 74.6 Å². The Morgan fingerprint density at radius 3 is 2.48 bits per heavy atom. The van der Waals surface area contributed by atoms with Gasteiger partial charge < -0.3 is 10.6 Å². The number of carbonyl (C=O) groups is 1. The van der Waals surface area contributed by atoms with Crippen molar-refractivity contribution < 1.29 is 18.0 Å². The lowest BCUT2D eigenvalue weighted by molar-refractivity contribution is -0.136. The Kier molecular flexibility index (Phi) is 5.10. The van der Waals surface area contributed by atoms with Crippen LogP contribution in [0.25, 0.3) is 0 Å². The van der Waals surface area contributed by atoms with Gasteiger partial charge in [-0.15, -0.1) is 11.3 Å². The number of hydrogen-bond acceptors (Lipinski definition) is 3. The standard InChI is InChI=1S/C17H13F3N2OS2/c18-17(19,20)12-4-1-2-5-13(12)21-16(23)22-15(11-7-9-24-10-11)14-6-3-8-25-14/h1-10,15H,(H2,21,22,23)/t15-/m1/s1. The second kappa shape index (κ2) is 7.28. The third-order valence-corrected chi connectivity index (χ3v) is 5.10. The second-order valence-electron chi connectivity index (χ2n) is 5.15. The lowest BCUT2D eigenvalue weighted by Gasteiger charge is -2.19. The predicted octanol–water partition coefficient (Wildman–Crippen LogP) is 5.74. The summed E-state index contributed by atoms with van der Waals surface area (Å²) in [5, 5.41) is 10.7. The Bertz CT molecular complexity index is 796. The van der Waals surface area contributed by atoms with Crippen molar-refractivity contribution in [2.45, 2.75) is 12.2 Å². The molecule has 25 heavy (non-hydrogen) atoms. The van der Waals surface area contributed by atoms with Gasteiger partial charge in [0.25, 0.3) is 0 Å². The van der Waals surface area contributed by atoms with Crippen LogP contribution in [0.1, 0.15) is 22.0 Å². The zero-order valence-corrected chi connectivity index (χ0v) is 14.3. The number of para-hydroxylation sites is 1. The topological polar surface area (TPSA) is 41.1 Å². The van der Waals surface area contributed by atoms with Crippen LogP contribution in [0, 0.1) is 0 Å². The molecule has 2 heterocycles. The highest BCUT2D eigenvalue weighted by atomic mass is 32.1. The molecule has 0 unspecified atom stereocenters. The second-order valence-corrected chi connectivity index (χ2v) is 6.91. The van der Waals surface area contributed by atoms with E-state index in [0.717, 1.165) is 16.5 Å². The lowest BCUT2D eigenvalue weighted by atomic mass is 10.1. The number of alkyl halides is 3. The summed E-state index contributed by atoms with van der Waals surface area (Å²) in [5.74, 6) is 0. The fourth-order valence-corrected chi connectivity index (χ4v) is 3.83. The van der Waals surface area contributed by atoms with Gasteiger partial charge in [-0.1, -0.05) is 18.2 Å². The van der Waals surface area contributed by atoms with E-state index >= 15 is 0 Å². The van der Waals surface area contributed by atoms with Crippen molar-refractivity contribution >= 4 is 34.4 Å². The largest absolute Gasteiger partial charge is 0.418 e. The first-order valence-electron chi connectivity index (χ1n) is 7.24. The summed E-state index contributed by atoms with van der Waals surface area (Å²) in [7, 11) is 0. The molecule has 2 N–H and O–H groups in total. The lowest BCUT2D eigenvalue weighted by Crippen LogP contribution is -2.33. The summed E-state index contributed by atoms with van der Waals surface area (Å²) >= 11 is 2.95. The SMILES string of the molecule is O=C(Nc1ccccc1C(F)(F)F)N[C@H](c1ccsc1)c1cccs1. The molecule has 0 spiro atoms. The van der Waals surface area contributed by atoms with E-state index in [9.17, 15) is 18.0 Å². The molecule has 3 aromatic rings. The third kappa shape index (κ3) is 4.21. The van der Waals surface area contributed by atoms with E-state index in [1.165, 1.54) is 40.9 Å². The van der Waals surface area contributed by atoms with Gasteiger partial charge in [0.05, 0.1) is 17.3 Å². The minimum Gasteiger partial charge on any atom is -0.326 e. The summed E-state index contributed by atoms with van der Waals surface area (Å²) in [6.45, 7) is 0. The van der Waals surface area contributed by atoms with Gasteiger partial charge in [0, 0.05) is 4.88 Å². The van der Waals surface area contributed by atoms with Gasteiger partial charge >= 0.3 is 12.2 Å². The van der Waals surface area contributed by atoms with E-state index < -0.39 is 23.8 Å². The van der Waals surface area contributed by atoms with Crippen molar-refractivity contribution in [1.82, 2.24) is 5.32 Å². The fraction of sp³-hybridized carbons (Fsp3) is 0.118. The van der Waals surface area contributed by atoms with Crippen molar-refractivity contribution in [3.8, 4) is 0 Å². The number of hydrogen-bond donors (Lipinski definition) is 2. The zero-order chi connectivity index (χ0) is 17.9. The number of rotatable bonds is 4. The first-order valence-corrected chi connectivity index (χ1v) is 9.06. The van der Waals surface area contributed by atoms with E-state index in [2.05, 4.69) is 10.6 Å². The molecule has 0 bridgehead atoms. The molecule has 0 radical (unpaired) electrons. The van der Waals surface area contributed by atoms with Crippen LogP contribution in [0.4, 0.5) is 23.7 Å². The molecule has 0 aliphatic rings. The molecule has 0 aliphatic heterocycles. The van der Waals surface area contributed by atoms with Gasteiger partial charge in [-0.25, -0.2) is 4.79 Å². The Hall–Kier alpha value is -2.32. The van der Waals surface area contributed by atoms with Crippen LogP contribution in [0.5, 0.6) is 0 Å². The van der Waals surface area contributed by atoms with Gasteiger partial charge in [0.2, 0.25) is 0 Å². The van der Waals surface area contributed by atoms with Crippen LogP contribution in [0.15, 0.2) is 58.6 Å². The molecule has 0 saturated heterocycles. The summed E-state index contributed by atoms with van der Waals surface area (Å²) in [4.78, 5) is 13.2. The maximum Gasteiger partial charge on any atom is 0.418 e. The van der Waals surface area contributed by atoms with Crippen molar-refractivity contribution in [2.24, 2.45) is 0 Å². The van der Waals surface area contributed by atoms with Crippen LogP contribution in [-0.4, -0.2) is 6.03 Å². The molecule has 1 aromatic carbocycles. The van der Waals surface area contributed by atoms with Crippen molar-refractivity contribution in [1.29, 1.82) is 0 Å². The number of thiophene rings is 2. The average molecular weight is 382 g/mol. The van der Waals surface area contributed by atoms with Gasteiger partial charge in [-0.2, -0.15) is 24.5 Å². The first-order chi connectivity index (χ1) is 11.9. The smallest absolute Gasteiger partial charge is 0.326 e. The highest BCUT2D eigenvalue weighted by Crippen LogP contribution is 2.34. The number of benzene rings is 1. The highest BCUT2D eigenvalue weighted by molar-refractivity contribution is 7.10. The van der Waals surface area contributed by atoms with Crippen LogP contribution in [0.2, 0.25) is 0 Å². The molecule has 0 saturated carbocycles. The van der Waals surface area contributed by atoms with Crippen molar-refractivity contribution in [3.63, 3.8) is 0 Å². The van der Waals surface area contributed by atoms with E-state index in [0.29, 0.717) is 0 Å². The minimum atomic E-state index is -4.54. The third-order valence-electron chi connectivity index (χ3n) is 3.46. The summed E-state index contributed by atoms with van der Waals surface area (Å²) in [6.07, 6.45) is -4.54. The molecule has 0 aliphatic carbocycles. The molecule has 2 amide bonds. The van der Waals surface area contributed by atoms with E-state index in [4.69, 9.17) is 0 Å². The molecule has 3 rings (SSSR count). The number of anilines is 1. The molecule has 130 valence electrons. The molecule has 2 aromatic heterocycles. The maximum absolute atomic E-state index is 13.0. The van der Waals surface area contributed by atoms with Gasteiger partial charge in [-0.3, -0.25) is 0 Å². The van der Waals surface area contributed by atoms with E-state index in [1.54, 1.807) is 0 Å². The predicted molar refractivity (Wildman–Crippen MR) is 94.1 cm³/mol. The summed E-state index contributed by atoms with van der Waals surface area (Å²) in [5.41, 5.74) is -0.275. The number of nitrogens with one attached hydrogen (secondary N) is 2. The Balaban J connectivity index is 1.80. The Labute approximate surface area is 150 Å². The first kappa shape index (κ1) is 17.5. The molecule has 3 nitrogen and oxygen atoms in total. The molecular formula is C17H13F3N2OS2.